The lowest BCUT2D eigenvalue weighted by molar-refractivity contribution is 0.0852. The van der Waals surface area contributed by atoms with Crippen LogP contribution in [0.3, 0.4) is 0 Å². The Hall–Kier alpha value is -1.63. The topological polar surface area (TPSA) is 72.4 Å². The molecule has 2 rings (SSSR count). The SMILES string of the molecule is CNc1nc(OC)nc(N(C)C2CCOCC2)n1. The molecule has 7 nitrogen and oxygen atoms in total. The van der Waals surface area contributed by atoms with Crippen LogP contribution in [-0.2, 0) is 4.74 Å². The number of hydrogen-bond donors (Lipinski definition) is 1. The number of rotatable bonds is 4. The first-order valence-corrected chi connectivity index (χ1v) is 6.03. The Balaban J connectivity index is 2.19. The Morgan fingerprint density at radius 3 is 2.61 bits per heavy atom. The van der Waals surface area contributed by atoms with Gasteiger partial charge in [-0.2, -0.15) is 15.0 Å². The zero-order valence-corrected chi connectivity index (χ0v) is 11.0. The van der Waals surface area contributed by atoms with Crippen LogP contribution in [0.1, 0.15) is 12.8 Å². The average molecular weight is 253 g/mol. The molecule has 7 heteroatoms. The molecule has 1 aliphatic heterocycles. The van der Waals surface area contributed by atoms with Crippen molar-refractivity contribution in [2.24, 2.45) is 0 Å². The summed E-state index contributed by atoms with van der Waals surface area (Å²) in [5, 5.41) is 2.91. The van der Waals surface area contributed by atoms with Gasteiger partial charge in [0.05, 0.1) is 7.11 Å². The van der Waals surface area contributed by atoms with E-state index in [1.165, 1.54) is 0 Å². The predicted octanol–water partition coefficient (Wildman–Crippen LogP) is 0.537. The van der Waals surface area contributed by atoms with Gasteiger partial charge in [0.2, 0.25) is 11.9 Å². The standard InChI is InChI=1S/C11H19N5O2/c1-12-9-13-10(15-11(14-9)17-3)16(2)8-4-6-18-7-5-8/h8H,4-7H2,1-3H3,(H,12,13,14,15). The molecule has 0 saturated carbocycles. The fraction of sp³-hybridized carbons (Fsp3) is 0.727. The zero-order valence-electron chi connectivity index (χ0n) is 11.0. The molecular weight excluding hydrogens is 234 g/mol. The maximum atomic E-state index is 5.36. The number of nitrogens with zero attached hydrogens (tertiary/aromatic N) is 4. The van der Waals surface area contributed by atoms with Crippen molar-refractivity contribution in [3.8, 4) is 6.01 Å². The summed E-state index contributed by atoms with van der Waals surface area (Å²) in [6.45, 7) is 1.58. The number of nitrogens with one attached hydrogen (secondary N) is 1. The Kier molecular flexibility index (Phi) is 4.14. The van der Waals surface area contributed by atoms with E-state index in [4.69, 9.17) is 9.47 Å². The number of methoxy groups -OCH3 is 1. The van der Waals surface area contributed by atoms with Crippen LogP contribution in [-0.4, -0.2) is 55.4 Å². The molecule has 100 valence electrons. The molecule has 1 fully saturated rings. The van der Waals surface area contributed by atoms with Gasteiger partial charge in [-0.1, -0.05) is 0 Å². The fourth-order valence-electron chi connectivity index (χ4n) is 1.94. The van der Waals surface area contributed by atoms with Gasteiger partial charge < -0.3 is 19.7 Å². The summed E-state index contributed by atoms with van der Waals surface area (Å²) in [5.74, 6) is 1.13. The van der Waals surface area contributed by atoms with Crippen LogP contribution in [0.4, 0.5) is 11.9 Å². The summed E-state index contributed by atoms with van der Waals surface area (Å²) in [4.78, 5) is 14.8. The largest absolute Gasteiger partial charge is 0.467 e. The van der Waals surface area contributed by atoms with Crippen molar-refractivity contribution in [2.45, 2.75) is 18.9 Å². The van der Waals surface area contributed by atoms with E-state index >= 15 is 0 Å². The van der Waals surface area contributed by atoms with Gasteiger partial charge in [-0.05, 0) is 12.8 Å². The van der Waals surface area contributed by atoms with Crippen molar-refractivity contribution in [3.05, 3.63) is 0 Å². The number of aromatic nitrogens is 3. The van der Waals surface area contributed by atoms with Gasteiger partial charge in [0, 0.05) is 33.4 Å². The number of hydrogen-bond acceptors (Lipinski definition) is 7. The molecule has 1 saturated heterocycles. The van der Waals surface area contributed by atoms with E-state index in [0.29, 0.717) is 23.9 Å². The third-order valence-electron chi connectivity index (χ3n) is 3.06. The van der Waals surface area contributed by atoms with E-state index in [1.807, 2.05) is 7.05 Å². The smallest absolute Gasteiger partial charge is 0.322 e. The predicted molar refractivity (Wildman–Crippen MR) is 68.2 cm³/mol. The van der Waals surface area contributed by atoms with Gasteiger partial charge in [-0.25, -0.2) is 0 Å². The van der Waals surface area contributed by atoms with E-state index in [2.05, 4.69) is 25.2 Å². The minimum absolute atomic E-state index is 0.322. The van der Waals surface area contributed by atoms with Gasteiger partial charge in [0.15, 0.2) is 0 Å². The van der Waals surface area contributed by atoms with Crippen LogP contribution in [0.2, 0.25) is 0 Å². The van der Waals surface area contributed by atoms with Crippen LogP contribution < -0.4 is 15.0 Å². The van der Waals surface area contributed by atoms with Gasteiger partial charge in [-0.15, -0.1) is 0 Å². The van der Waals surface area contributed by atoms with E-state index in [-0.39, 0.29) is 0 Å². The summed E-state index contributed by atoms with van der Waals surface area (Å²) in [6.07, 6.45) is 1.97. The normalized spacial score (nSPS) is 16.4. The first-order valence-electron chi connectivity index (χ1n) is 6.03. The third-order valence-corrected chi connectivity index (χ3v) is 3.06. The molecule has 0 bridgehead atoms. The number of ether oxygens (including phenoxy) is 2. The highest BCUT2D eigenvalue weighted by atomic mass is 16.5. The monoisotopic (exact) mass is 253 g/mol. The molecule has 1 N–H and O–H groups in total. The van der Waals surface area contributed by atoms with Crippen molar-refractivity contribution in [1.29, 1.82) is 0 Å². The molecule has 0 radical (unpaired) electrons. The fourth-order valence-corrected chi connectivity index (χ4v) is 1.94. The first-order chi connectivity index (χ1) is 8.74. The molecule has 0 spiro atoms. The molecule has 0 unspecified atom stereocenters. The molecular formula is C11H19N5O2. The zero-order chi connectivity index (χ0) is 13.0. The number of anilines is 2. The summed E-state index contributed by atoms with van der Waals surface area (Å²) in [5.41, 5.74) is 0. The van der Waals surface area contributed by atoms with Crippen LogP contribution in [0.25, 0.3) is 0 Å². The molecule has 18 heavy (non-hydrogen) atoms. The van der Waals surface area contributed by atoms with Crippen molar-refractivity contribution in [3.63, 3.8) is 0 Å². The second-order valence-electron chi connectivity index (χ2n) is 4.15. The maximum Gasteiger partial charge on any atom is 0.322 e. The van der Waals surface area contributed by atoms with Crippen molar-refractivity contribution in [1.82, 2.24) is 15.0 Å². The molecule has 0 atom stereocenters. The van der Waals surface area contributed by atoms with Crippen molar-refractivity contribution in [2.75, 3.05) is 44.6 Å². The maximum absolute atomic E-state index is 5.36. The average Bonchev–Trinajstić information content (AvgIpc) is 2.46. The summed E-state index contributed by atoms with van der Waals surface area (Å²) in [6, 6.07) is 0.721. The Bertz CT molecular complexity index is 373. The minimum atomic E-state index is 0.322. The van der Waals surface area contributed by atoms with E-state index in [1.54, 1.807) is 14.2 Å². The third kappa shape index (κ3) is 2.79. The highest BCUT2D eigenvalue weighted by molar-refractivity contribution is 5.38. The second kappa shape index (κ2) is 5.81. The van der Waals surface area contributed by atoms with Gasteiger partial charge >= 0.3 is 6.01 Å². The highest BCUT2D eigenvalue weighted by Crippen LogP contribution is 2.20. The lowest BCUT2D eigenvalue weighted by atomic mass is 10.1. The minimum Gasteiger partial charge on any atom is -0.467 e. The molecule has 0 amide bonds. The summed E-state index contributed by atoms with van der Waals surface area (Å²) >= 11 is 0. The lowest BCUT2D eigenvalue weighted by Crippen LogP contribution is -2.37. The molecule has 2 heterocycles. The van der Waals surface area contributed by atoms with Crippen LogP contribution in [0.5, 0.6) is 6.01 Å². The van der Waals surface area contributed by atoms with Gasteiger partial charge in [0.1, 0.15) is 0 Å². The van der Waals surface area contributed by atoms with E-state index < -0.39 is 0 Å². The lowest BCUT2D eigenvalue weighted by Gasteiger charge is -2.31. The van der Waals surface area contributed by atoms with Gasteiger partial charge in [0.25, 0.3) is 0 Å². The Morgan fingerprint density at radius 2 is 2.00 bits per heavy atom. The molecule has 1 aromatic heterocycles. The summed E-state index contributed by atoms with van der Waals surface area (Å²) < 4.78 is 10.4. The van der Waals surface area contributed by atoms with Crippen LogP contribution >= 0.6 is 0 Å². The quantitative estimate of drug-likeness (QED) is 0.839. The molecule has 1 aromatic rings. The van der Waals surface area contributed by atoms with Crippen LogP contribution in [0, 0.1) is 0 Å². The highest BCUT2D eigenvalue weighted by Gasteiger charge is 2.21. The van der Waals surface area contributed by atoms with E-state index in [0.717, 1.165) is 26.1 Å². The van der Waals surface area contributed by atoms with E-state index in [9.17, 15) is 0 Å². The van der Waals surface area contributed by atoms with Crippen molar-refractivity contribution >= 4 is 11.9 Å². The molecule has 0 aliphatic carbocycles. The first kappa shape index (κ1) is 12.8. The van der Waals surface area contributed by atoms with Crippen LogP contribution in [0.15, 0.2) is 0 Å². The Morgan fingerprint density at radius 1 is 1.28 bits per heavy atom. The van der Waals surface area contributed by atoms with Crippen molar-refractivity contribution < 1.29 is 9.47 Å². The molecule has 0 aromatic carbocycles. The van der Waals surface area contributed by atoms with Gasteiger partial charge in [-0.3, -0.25) is 0 Å². The Labute approximate surface area is 107 Å². The second-order valence-corrected chi connectivity index (χ2v) is 4.15. The summed E-state index contributed by atoms with van der Waals surface area (Å²) in [7, 11) is 5.31. The molecule has 1 aliphatic rings.